The first-order valence-electron chi connectivity index (χ1n) is 10.2. The van der Waals surface area contributed by atoms with Crippen LogP contribution in [0.2, 0.25) is 0 Å². The van der Waals surface area contributed by atoms with Crippen LogP contribution in [-0.4, -0.2) is 21.8 Å². The molecule has 2 aromatic carbocycles. The maximum Gasteiger partial charge on any atom is 0.222 e. The Labute approximate surface area is 164 Å². The molecule has 28 heavy (non-hydrogen) atoms. The highest BCUT2D eigenvalue weighted by atomic mass is 16.1. The largest absolute Gasteiger partial charge is 0.368 e. The van der Waals surface area contributed by atoms with Crippen LogP contribution in [0.15, 0.2) is 36.4 Å². The van der Waals surface area contributed by atoms with Gasteiger partial charge in [0.1, 0.15) is 5.82 Å². The molecule has 1 aromatic heterocycles. The number of rotatable bonds is 3. The fraction of sp³-hybridized carbons (Fsp3) is 0.348. The van der Waals surface area contributed by atoms with Crippen molar-refractivity contribution in [3.05, 3.63) is 47.5 Å². The minimum Gasteiger partial charge on any atom is -0.368 e. The third-order valence-corrected chi connectivity index (χ3v) is 6.02. The first-order valence-corrected chi connectivity index (χ1v) is 10.2. The summed E-state index contributed by atoms with van der Waals surface area (Å²) in [5, 5.41) is 4.61. The number of nitrogen functional groups attached to an aromatic ring is 1. The molecule has 2 aliphatic carbocycles. The van der Waals surface area contributed by atoms with Crippen LogP contribution in [0.3, 0.4) is 0 Å². The lowest BCUT2D eigenvalue weighted by molar-refractivity contribution is 0.0994. The molecule has 1 saturated carbocycles. The predicted molar refractivity (Wildman–Crippen MR) is 113 cm³/mol. The minimum absolute atomic E-state index is 0.253. The lowest BCUT2D eigenvalue weighted by Gasteiger charge is -2.24. The van der Waals surface area contributed by atoms with E-state index in [-0.39, 0.29) is 5.78 Å². The van der Waals surface area contributed by atoms with Crippen molar-refractivity contribution in [2.75, 3.05) is 11.1 Å². The second-order valence-corrected chi connectivity index (χ2v) is 7.94. The molecular formula is C23H24N4O. The van der Waals surface area contributed by atoms with Crippen LogP contribution >= 0.6 is 0 Å². The van der Waals surface area contributed by atoms with Gasteiger partial charge in [-0.3, -0.25) is 4.79 Å². The molecular weight excluding hydrogens is 348 g/mol. The van der Waals surface area contributed by atoms with Crippen molar-refractivity contribution >= 4 is 28.5 Å². The number of fused-ring (bicyclic) bond motifs is 2. The molecule has 142 valence electrons. The summed E-state index contributed by atoms with van der Waals surface area (Å²) in [5.41, 5.74) is 11.1. The Balaban J connectivity index is 1.55. The molecule has 1 fully saturated rings. The molecule has 0 bridgehead atoms. The maximum atomic E-state index is 11.9. The number of ketones is 1. The van der Waals surface area contributed by atoms with Gasteiger partial charge in [0.05, 0.1) is 5.52 Å². The van der Waals surface area contributed by atoms with Crippen molar-refractivity contribution < 1.29 is 4.79 Å². The molecule has 2 aliphatic rings. The van der Waals surface area contributed by atoms with E-state index in [1.165, 1.54) is 32.1 Å². The number of benzene rings is 2. The van der Waals surface area contributed by atoms with E-state index in [0.717, 1.165) is 45.4 Å². The lowest BCUT2D eigenvalue weighted by Crippen LogP contribution is -2.23. The summed E-state index contributed by atoms with van der Waals surface area (Å²) in [6.45, 7) is 0. The topological polar surface area (TPSA) is 80.9 Å². The van der Waals surface area contributed by atoms with E-state index >= 15 is 0 Å². The van der Waals surface area contributed by atoms with Gasteiger partial charge in [0.15, 0.2) is 5.78 Å². The normalized spacial score (nSPS) is 17.1. The first-order chi connectivity index (χ1) is 13.7. The van der Waals surface area contributed by atoms with E-state index in [0.29, 0.717) is 18.4 Å². The highest BCUT2D eigenvalue weighted by Gasteiger charge is 2.20. The predicted octanol–water partition coefficient (Wildman–Crippen LogP) is 4.75. The second kappa shape index (κ2) is 6.89. The van der Waals surface area contributed by atoms with Gasteiger partial charge in [-0.15, -0.1) is 0 Å². The van der Waals surface area contributed by atoms with Gasteiger partial charge in [-0.1, -0.05) is 43.5 Å². The SMILES string of the molecule is Nc1nc(NC2CCCCC2)c2cc(-c3ccc4c(c3)CCC4=O)ccc2n1. The van der Waals surface area contributed by atoms with E-state index in [4.69, 9.17) is 5.73 Å². The summed E-state index contributed by atoms with van der Waals surface area (Å²) in [7, 11) is 0. The van der Waals surface area contributed by atoms with E-state index in [1.807, 2.05) is 18.2 Å². The van der Waals surface area contributed by atoms with E-state index in [2.05, 4.69) is 33.5 Å². The first kappa shape index (κ1) is 17.2. The standard InChI is InChI=1S/C23H24N4O/c24-23-26-20-10-7-15(14-6-9-18-16(12-14)8-11-21(18)28)13-19(20)22(27-23)25-17-4-2-1-3-5-17/h6-7,9-10,12-13,17H,1-5,8,11H2,(H3,24,25,26,27). The smallest absolute Gasteiger partial charge is 0.222 e. The number of carbonyl (C=O) groups is 1. The molecule has 0 amide bonds. The summed E-state index contributed by atoms with van der Waals surface area (Å²) in [5.74, 6) is 1.38. The van der Waals surface area contributed by atoms with E-state index < -0.39 is 0 Å². The third-order valence-electron chi connectivity index (χ3n) is 6.02. The maximum absolute atomic E-state index is 11.9. The van der Waals surface area contributed by atoms with Crippen LogP contribution in [-0.2, 0) is 6.42 Å². The van der Waals surface area contributed by atoms with Gasteiger partial charge < -0.3 is 11.1 Å². The van der Waals surface area contributed by atoms with Gasteiger partial charge in [0, 0.05) is 23.4 Å². The van der Waals surface area contributed by atoms with Crippen molar-refractivity contribution in [1.82, 2.24) is 9.97 Å². The molecule has 3 aromatic rings. The average Bonchev–Trinajstić information content (AvgIpc) is 3.09. The third kappa shape index (κ3) is 3.11. The molecule has 5 rings (SSSR count). The molecule has 5 nitrogen and oxygen atoms in total. The van der Waals surface area contributed by atoms with Gasteiger partial charge in [-0.2, -0.15) is 4.98 Å². The van der Waals surface area contributed by atoms with Crippen LogP contribution in [0, 0.1) is 0 Å². The van der Waals surface area contributed by atoms with Crippen molar-refractivity contribution in [2.45, 2.75) is 51.0 Å². The van der Waals surface area contributed by atoms with Crippen LogP contribution in [0.5, 0.6) is 0 Å². The number of aryl methyl sites for hydroxylation is 1. The van der Waals surface area contributed by atoms with Crippen molar-refractivity contribution in [3.8, 4) is 11.1 Å². The molecule has 0 aliphatic heterocycles. The highest BCUT2D eigenvalue weighted by molar-refractivity contribution is 6.01. The summed E-state index contributed by atoms with van der Waals surface area (Å²) in [6, 6.07) is 12.8. The number of hydrogen-bond donors (Lipinski definition) is 2. The summed E-state index contributed by atoms with van der Waals surface area (Å²) < 4.78 is 0. The summed E-state index contributed by atoms with van der Waals surface area (Å²) in [4.78, 5) is 20.8. The van der Waals surface area contributed by atoms with E-state index in [1.54, 1.807) is 0 Å². The Kier molecular flexibility index (Phi) is 4.23. The van der Waals surface area contributed by atoms with Crippen LogP contribution in [0.25, 0.3) is 22.0 Å². The number of Topliss-reactive ketones (excluding diaryl/α,β-unsaturated/α-hetero) is 1. The van der Waals surface area contributed by atoms with E-state index in [9.17, 15) is 4.79 Å². The van der Waals surface area contributed by atoms with Crippen LogP contribution in [0.1, 0.15) is 54.4 Å². The zero-order chi connectivity index (χ0) is 19.1. The highest BCUT2D eigenvalue weighted by Crippen LogP contribution is 2.32. The average molecular weight is 372 g/mol. The van der Waals surface area contributed by atoms with Crippen LogP contribution < -0.4 is 11.1 Å². The monoisotopic (exact) mass is 372 g/mol. The number of nitrogens with zero attached hydrogens (tertiary/aromatic N) is 2. The molecule has 0 saturated heterocycles. The molecule has 3 N–H and O–H groups in total. The summed E-state index contributed by atoms with van der Waals surface area (Å²) >= 11 is 0. The fourth-order valence-corrected chi connectivity index (χ4v) is 4.51. The fourth-order valence-electron chi connectivity index (χ4n) is 4.51. The molecule has 5 heteroatoms. The Morgan fingerprint density at radius 3 is 2.57 bits per heavy atom. The Morgan fingerprint density at radius 2 is 1.71 bits per heavy atom. The zero-order valence-electron chi connectivity index (χ0n) is 15.9. The Morgan fingerprint density at radius 1 is 0.929 bits per heavy atom. The minimum atomic E-state index is 0.253. The molecule has 0 atom stereocenters. The molecule has 0 unspecified atom stereocenters. The number of nitrogens with two attached hydrogens (primary N) is 1. The number of nitrogens with one attached hydrogen (secondary N) is 1. The number of anilines is 2. The van der Waals surface area contributed by atoms with Gasteiger partial charge in [-0.05, 0) is 48.1 Å². The molecule has 0 spiro atoms. The Bertz CT molecular complexity index is 1070. The van der Waals surface area contributed by atoms with Crippen molar-refractivity contribution in [3.63, 3.8) is 0 Å². The van der Waals surface area contributed by atoms with Crippen molar-refractivity contribution in [1.29, 1.82) is 0 Å². The number of hydrogen-bond acceptors (Lipinski definition) is 5. The quantitative estimate of drug-likeness (QED) is 0.693. The van der Waals surface area contributed by atoms with Crippen molar-refractivity contribution in [2.24, 2.45) is 0 Å². The second-order valence-electron chi connectivity index (χ2n) is 7.94. The lowest BCUT2D eigenvalue weighted by atomic mass is 9.95. The van der Waals surface area contributed by atoms with Crippen LogP contribution in [0.4, 0.5) is 11.8 Å². The number of carbonyl (C=O) groups excluding carboxylic acids is 1. The number of aromatic nitrogens is 2. The molecule has 0 radical (unpaired) electrons. The zero-order valence-corrected chi connectivity index (χ0v) is 15.9. The Hall–Kier alpha value is -2.95. The van der Waals surface area contributed by atoms with Gasteiger partial charge in [-0.25, -0.2) is 4.98 Å². The van der Waals surface area contributed by atoms with Gasteiger partial charge >= 0.3 is 0 Å². The van der Waals surface area contributed by atoms with Gasteiger partial charge in [0.2, 0.25) is 5.95 Å². The molecule has 1 heterocycles. The summed E-state index contributed by atoms with van der Waals surface area (Å²) in [6.07, 6.45) is 7.64. The van der Waals surface area contributed by atoms with Gasteiger partial charge in [0.25, 0.3) is 0 Å².